The SMILES string of the molecule is C/C=C(/C)C(=O)Oc1cc(C)cc(OC(=O)/C(C)=C\C)c1. The Hall–Kier alpha value is -2.36. The van der Waals surface area contributed by atoms with Gasteiger partial charge in [0.25, 0.3) is 0 Å². The van der Waals surface area contributed by atoms with Crippen LogP contribution < -0.4 is 9.47 Å². The third-order valence-corrected chi connectivity index (χ3v) is 2.96. The van der Waals surface area contributed by atoms with Crippen LogP contribution in [0.1, 0.15) is 33.3 Å². The summed E-state index contributed by atoms with van der Waals surface area (Å²) in [5.41, 5.74) is 1.86. The Labute approximate surface area is 125 Å². The molecule has 0 aliphatic heterocycles. The van der Waals surface area contributed by atoms with Gasteiger partial charge in [-0.1, -0.05) is 12.2 Å². The van der Waals surface area contributed by atoms with Crippen LogP contribution in [0.2, 0.25) is 0 Å². The molecule has 0 atom stereocenters. The Balaban J connectivity index is 2.95. The van der Waals surface area contributed by atoms with Crippen molar-refractivity contribution < 1.29 is 19.1 Å². The van der Waals surface area contributed by atoms with Crippen LogP contribution in [0.25, 0.3) is 0 Å². The molecule has 0 bridgehead atoms. The molecule has 4 heteroatoms. The average molecular weight is 288 g/mol. The summed E-state index contributed by atoms with van der Waals surface area (Å²) in [6, 6.07) is 4.94. The Morgan fingerprint density at radius 3 is 1.57 bits per heavy atom. The van der Waals surface area contributed by atoms with E-state index in [0.29, 0.717) is 22.6 Å². The van der Waals surface area contributed by atoms with Crippen LogP contribution in [0.4, 0.5) is 0 Å². The van der Waals surface area contributed by atoms with Crippen molar-refractivity contribution >= 4 is 11.9 Å². The lowest BCUT2D eigenvalue weighted by Gasteiger charge is -2.09. The van der Waals surface area contributed by atoms with Crippen LogP contribution in [0.5, 0.6) is 11.5 Å². The minimum absolute atomic E-state index is 0.349. The first-order chi connectivity index (χ1) is 9.87. The third kappa shape index (κ3) is 4.91. The van der Waals surface area contributed by atoms with Gasteiger partial charge in [-0.25, -0.2) is 9.59 Å². The number of hydrogen-bond acceptors (Lipinski definition) is 4. The van der Waals surface area contributed by atoms with Crippen molar-refractivity contribution in [2.24, 2.45) is 0 Å². The van der Waals surface area contributed by atoms with Crippen LogP contribution in [-0.2, 0) is 9.59 Å². The van der Waals surface area contributed by atoms with Gasteiger partial charge in [0.05, 0.1) is 0 Å². The van der Waals surface area contributed by atoms with Gasteiger partial charge >= 0.3 is 11.9 Å². The van der Waals surface area contributed by atoms with Crippen molar-refractivity contribution in [3.63, 3.8) is 0 Å². The summed E-state index contributed by atoms with van der Waals surface area (Å²) in [6.07, 6.45) is 3.35. The van der Waals surface area contributed by atoms with Crippen LogP contribution in [0, 0.1) is 6.92 Å². The molecule has 0 saturated heterocycles. The lowest BCUT2D eigenvalue weighted by Crippen LogP contribution is -2.11. The van der Waals surface area contributed by atoms with E-state index < -0.39 is 11.9 Å². The van der Waals surface area contributed by atoms with Gasteiger partial charge in [-0.05, 0) is 52.3 Å². The maximum absolute atomic E-state index is 11.7. The number of carbonyl (C=O) groups excluding carboxylic acids is 2. The molecule has 0 aliphatic carbocycles. The van der Waals surface area contributed by atoms with E-state index in [0.717, 1.165) is 5.56 Å². The van der Waals surface area contributed by atoms with Gasteiger partial charge in [0, 0.05) is 17.2 Å². The first-order valence-electron chi connectivity index (χ1n) is 6.69. The number of esters is 2. The number of hydrogen-bond donors (Lipinski definition) is 0. The summed E-state index contributed by atoms with van der Waals surface area (Å²) in [6.45, 7) is 8.71. The Kier molecular flexibility index (Phi) is 5.91. The predicted octanol–water partition coefficient (Wildman–Crippen LogP) is 3.74. The fraction of sp³-hybridized carbons (Fsp3) is 0.294. The maximum Gasteiger partial charge on any atom is 0.338 e. The van der Waals surface area contributed by atoms with Gasteiger partial charge in [-0.3, -0.25) is 0 Å². The molecule has 112 valence electrons. The first kappa shape index (κ1) is 16.7. The van der Waals surface area contributed by atoms with E-state index in [2.05, 4.69) is 0 Å². The van der Waals surface area contributed by atoms with Crippen molar-refractivity contribution in [1.82, 2.24) is 0 Å². The van der Waals surface area contributed by atoms with E-state index in [-0.39, 0.29) is 0 Å². The standard InChI is InChI=1S/C17H20O4/c1-6-12(4)16(18)20-14-8-11(3)9-15(10-14)21-17(19)13(5)7-2/h6-10H,1-5H3/b12-6-,13-7-. The summed E-state index contributed by atoms with van der Waals surface area (Å²) in [5, 5.41) is 0. The molecular weight excluding hydrogens is 268 g/mol. The fourth-order valence-electron chi connectivity index (χ4n) is 1.44. The van der Waals surface area contributed by atoms with Crippen molar-refractivity contribution in [2.75, 3.05) is 0 Å². The second-order valence-corrected chi connectivity index (χ2v) is 4.70. The first-order valence-corrected chi connectivity index (χ1v) is 6.69. The topological polar surface area (TPSA) is 52.6 Å². The van der Waals surface area contributed by atoms with E-state index in [1.54, 1.807) is 52.0 Å². The molecule has 0 unspecified atom stereocenters. The molecule has 0 spiro atoms. The van der Waals surface area contributed by atoms with E-state index >= 15 is 0 Å². The highest BCUT2D eigenvalue weighted by molar-refractivity contribution is 5.90. The van der Waals surface area contributed by atoms with Crippen molar-refractivity contribution in [2.45, 2.75) is 34.6 Å². The Morgan fingerprint density at radius 1 is 0.857 bits per heavy atom. The molecule has 1 aromatic carbocycles. The molecule has 1 rings (SSSR count). The Bertz CT molecular complexity index is 559. The smallest absolute Gasteiger partial charge is 0.338 e. The second-order valence-electron chi connectivity index (χ2n) is 4.70. The van der Waals surface area contributed by atoms with E-state index in [1.165, 1.54) is 6.07 Å². The number of rotatable bonds is 4. The minimum Gasteiger partial charge on any atom is -0.423 e. The molecule has 0 N–H and O–H groups in total. The second kappa shape index (κ2) is 7.43. The largest absolute Gasteiger partial charge is 0.423 e. The predicted molar refractivity (Wildman–Crippen MR) is 81.3 cm³/mol. The minimum atomic E-state index is -0.426. The highest BCUT2D eigenvalue weighted by Crippen LogP contribution is 2.24. The molecule has 4 nitrogen and oxygen atoms in total. The number of carbonyl (C=O) groups is 2. The van der Waals surface area contributed by atoms with Gasteiger partial charge in [-0.2, -0.15) is 0 Å². The van der Waals surface area contributed by atoms with Crippen LogP contribution >= 0.6 is 0 Å². The number of benzene rings is 1. The Morgan fingerprint density at radius 2 is 1.24 bits per heavy atom. The highest BCUT2D eigenvalue weighted by atomic mass is 16.5. The van der Waals surface area contributed by atoms with Crippen LogP contribution in [-0.4, -0.2) is 11.9 Å². The molecule has 0 saturated carbocycles. The maximum atomic E-state index is 11.7. The van der Waals surface area contributed by atoms with Crippen LogP contribution in [0.3, 0.4) is 0 Å². The molecule has 0 aliphatic rings. The summed E-state index contributed by atoms with van der Waals surface area (Å²) in [7, 11) is 0. The number of allylic oxidation sites excluding steroid dienone is 2. The van der Waals surface area contributed by atoms with Crippen LogP contribution in [0.15, 0.2) is 41.5 Å². The zero-order valence-electron chi connectivity index (χ0n) is 13.0. The van der Waals surface area contributed by atoms with Gasteiger partial charge in [-0.15, -0.1) is 0 Å². The van der Waals surface area contributed by atoms with Gasteiger partial charge < -0.3 is 9.47 Å². The van der Waals surface area contributed by atoms with Gasteiger partial charge in [0.2, 0.25) is 0 Å². The average Bonchev–Trinajstić information content (AvgIpc) is 2.44. The fourth-order valence-corrected chi connectivity index (χ4v) is 1.44. The lowest BCUT2D eigenvalue weighted by molar-refractivity contribution is -0.130. The number of ether oxygens (including phenoxy) is 2. The third-order valence-electron chi connectivity index (χ3n) is 2.96. The van der Waals surface area contributed by atoms with Crippen molar-refractivity contribution in [1.29, 1.82) is 0 Å². The van der Waals surface area contributed by atoms with Gasteiger partial charge in [0.1, 0.15) is 11.5 Å². The molecule has 0 radical (unpaired) electrons. The molecular formula is C17H20O4. The monoisotopic (exact) mass is 288 g/mol. The molecule has 1 aromatic rings. The molecule has 0 fully saturated rings. The van der Waals surface area contributed by atoms with E-state index in [4.69, 9.17) is 9.47 Å². The molecule has 0 heterocycles. The molecule has 0 amide bonds. The van der Waals surface area contributed by atoms with E-state index in [1.807, 2.05) is 6.92 Å². The lowest BCUT2D eigenvalue weighted by atomic mass is 10.2. The summed E-state index contributed by atoms with van der Waals surface area (Å²) in [5.74, 6) is -0.153. The normalized spacial score (nSPS) is 12.0. The molecule has 0 aromatic heterocycles. The van der Waals surface area contributed by atoms with Crippen molar-refractivity contribution in [3.8, 4) is 11.5 Å². The summed E-state index contributed by atoms with van der Waals surface area (Å²) >= 11 is 0. The quantitative estimate of drug-likeness (QED) is 0.481. The van der Waals surface area contributed by atoms with Crippen molar-refractivity contribution in [3.05, 3.63) is 47.1 Å². The zero-order chi connectivity index (χ0) is 16.0. The summed E-state index contributed by atoms with van der Waals surface area (Å²) in [4.78, 5) is 23.5. The number of aryl methyl sites for hydroxylation is 1. The van der Waals surface area contributed by atoms with E-state index in [9.17, 15) is 9.59 Å². The zero-order valence-corrected chi connectivity index (χ0v) is 13.0. The summed E-state index contributed by atoms with van der Waals surface area (Å²) < 4.78 is 10.5. The van der Waals surface area contributed by atoms with Gasteiger partial charge in [0.15, 0.2) is 0 Å². The molecule has 21 heavy (non-hydrogen) atoms. The highest BCUT2D eigenvalue weighted by Gasteiger charge is 2.11.